The van der Waals surface area contributed by atoms with Gasteiger partial charge < -0.3 is 10.6 Å². The third kappa shape index (κ3) is 2.70. The molecule has 0 saturated carbocycles. The maximum Gasteiger partial charge on any atom is 0.240 e. The van der Waals surface area contributed by atoms with Crippen LogP contribution >= 0.6 is 0 Å². The quantitative estimate of drug-likeness (QED) is 0.863. The average molecular weight is 250 g/mol. The fraction of sp³-hybridized carbons (Fsp3) is 0.500. The number of nitrogens with one attached hydrogen (secondary N) is 2. The van der Waals surface area contributed by atoms with Crippen molar-refractivity contribution in [1.29, 1.82) is 0 Å². The van der Waals surface area contributed by atoms with E-state index in [4.69, 9.17) is 0 Å². The van der Waals surface area contributed by atoms with Crippen LogP contribution in [0.15, 0.2) is 24.3 Å². The summed E-state index contributed by atoms with van der Waals surface area (Å²) in [6.07, 6.45) is 1.88. The molecule has 98 valence electrons. The van der Waals surface area contributed by atoms with Crippen molar-refractivity contribution < 1.29 is 9.18 Å². The van der Waals surface area contributed by atoms with Crippen LogP contribution in [0.2, 0.25) is 0 Å². The molecule has 2 unspecified atom stereocenters. The zero-order chi connectivity index (χ0) is 13.2. The van der Waals surface area contributed by atoms with E-state index >= 15 is 0 Å². The van der Waals surface area contributed by atoms with Crippen molar-refractivity contribution in [2.24, 2.45) is 0 Å². The Morgan fingerprint density at radius 2 is 2.11 bits per heavy atom. The number of amides is 1. The predicted octanol–water partition coefficient (Wildman–Crippen LogP) is 2.14. The second kappa shape index (κ2) is 5.06. The number of rotatable bonds is 3. The van der Waals surface area contributed by atoms with Crippen molar-refractivity contribution in [3.8, 4) is 0 Å². The highest BCUT2D eigenvalue weighted by Gasteiger charge is 2.36. The van der Waals surface area contributed by atoms with Gasteiger partial charge in [0.1, 0.15) is 5.82 Å². The Labute approximate surface area is 107 Å². The maximum atomic E-state index is 12.8. The molecular formula is C14H19FN2O. The number of carbonyl (C=O) groups excluding carboxylic acids is 1. The van der Waals surface area contributed by atoms with Crippen molar-refractivity contribution in [1.82, 2.24) is 10.6 Å². The molecule has 0 aromatic heterocycles. The van der Waals surface area contributed by atoms with E-state index in [2.05, 4.69) is 10.6 Å². The van der Waals surface area contributed by atoms with Gasteiger partial charge in [0.2, 0.25) is 5.91 Å². The summed E-state index contributed by atoms with van der Waals surface area (Å²) in [6, 6.07) is 6.11. The molecule has 0 bridgehead atoms. The predicted molar refractivity (Wildman–Crippen MR) is 68.6 cm³/mol. The van der Waals surface area contributed by atoms with Gasteiger partial charge in [0.25, 0.3) is 0 Å². The molecule has 4 heteroatoms. The molecule has 0 radical (unpaired) electrons. The number of hydrogen-bond acceptors (Lipinski definition) is 2. The van der Waals surface area contributed by atoms with E-state index in [0.717, 1.165) is 24.9 Å². The normalized spacial score (nSPS) is 24.8. The van der Waals surface area contributed by atoms with Gasteiger partial charge in [0.05, 0.1) is 11.6 Å². The molecule has 1 aromatic rings. The lowest BCUT2D eigenvalue weighted by atomic mass is 9.98. The number of halogens is 1. The Morgan fingerprint density at radius 1 is 1.44 bits per heavy atom. The van der Waals surface area contributed by atoms with Gasteiger partial charge in [0.15, 0.2) is 0 Å². The number of carbonyl (C=O) groups is 1. The van der Waals surface area contributed by atoms with Gasteiger partial charge in [-0.3, -0.25) is 4.79 Å². The first-order valence-electron chi connectivity index (χ1n) is 6.33. The van der Waals surface area contributed by atoms with Crippen LogP contribution in [0.4, 0.5) is 4.39 Å². The molecule has 0 spiro atoms. The number of benzene rings is 1. The van der Waals surface area contributed by atoms with E-state index in [0.29, 0.717) is 0 Å². The Morgan fingerprint density at radius 3 is 2.67 bits per heavy atom. The molecule has 1 saturated heterocycles. The summed E-state index contributed by atoms with van der Waals surface area (Å²) in [5, 5.41) is 6.20. The molecule has 18 heavy (non-hydrogen) atoms. The lowest BCUT2D eigenvalue weighted by molar-refractivity contribution is -0.127. The summed E-state index contributed by atoms with van der Waals surface area (Å²) in [5.41, 5.74) is 0.445. The fourth-order valence-corrected chi connectivity index (χ4v) is 2.28. The van der Waals surface area contributed by atoms with Gasteiger partial charge in [-0.15, -0.1) is 0 Å². The van der Waals surface area contributed by atoms with E-state index in [1.54, 1.807) is 12.1 Å². The molecule has 2 atom stereocenters. The van der Waals surface area contributed by atoms with Crippen LogP contribution in [0.5, 0.6) is 0 Å². The van der Waals surface area contributed by atoms with Crippen LogP contribution in [0.1, 0.15) is 38.3 Å². The van der Waals surface area contributed by atoms with E-state index in [9.17, 15) is 9.18 Å². The third-order valence-electron chi connectivity index (χ3n) is 3.59. The first-order valence-corrected chi connectivity index (χ1v) is 6.33. The van der Waals surface area contributed by atoms with Crippen molar-refractivity contribution in [3.05, 3.63) is 35.6 Å². The molecule has 1 amide bonds. The molecule has 2 rings (SSSR count). The fourth-order valence-electron chi connectivity index (χ4n) is 2.28. The largest absolute Gasteiger partial charge is 0.348 e. The second-order valence-electron chi connectivity index (χ2n) is 5.11. The van der Waals surface area contributed by atoms with Crippen molar-refractivity contribution in [2.45, 2.75) is 38.3 Å². The second-order valence-corrected chi connectivity index (χ2v) is 5.11. The highest BCUT2D eigenvalue weighted by molar-refractivity contribution is 5.86. The molecule has 1 aliphatic heterocycles. The lowest BCUT2D eigenvalue weighted by Gasteiger charge is -2.25. The van der Waals surface area contributed by atoms with Crippen LogP contribution < -0.4 is 10.6 Å². The zero-order valence-corrected chi connectivity index (χ0v) is 10.8. The molecule has 1 aliphatic rings. The van der Waals surface area contributed by atoms with Gasteiger partial charge in [0, 0.05) is 0 Å². The Bertz CT molecular complexity index is 424. The maximum absolute atomic E-state index is 12.8. The minimum absolute atomic E-state index is 0.0109. The van der Waals surface area contributed by atoms with Crippen LogP contribution in [-0.4, -0.2) is 18.0 Å². The van der Waals surface area contributed by atoms with Gasteiger partial charge in [-0.25, -0.2) is 4.39 Å². The molecule has 1 aromatic carbocycles. The van der Waals surface area contributed by atoms with E-state index < -0.39 is 5.54 Å². The summed E-state index contributed by atoms with van der Waals surface area (Å²) >= 11 is 0. The Hall–Kier alpha value is -1.42. The monoisotopic (exact) mass is 250 g/mol. The van der Waals surface area contributed by atoms with Crippen molar-refractivity contribution in [2.75, 3.05) is 6.54 Å². The van der Waals surface area contributed by atoms with E-state index in [1.807, 2.05) is 13.8 Å². The number of hydrogen-bond donors (Lipinski definition) is 2. The van der Waals surface area contributed by atoms with Crippen molar-refractivity contribution in [3.63, 3.8) is 0 Å². The average Bonchev–Trinajstić information content (AvgIpc) is 2.78. The van der Waals surface area contributed by atoms with E-state index in [1.165, 1.54) is 12.1 Å². The first-order chi connectivity index (χ1) is 8.51. The Balaban J connectivity index is 2.00. The highest BCUT2D eigenvalue weighted by Crippen LogP contribution is 2.21. The summed E-state index contributed by atoms with van der Waals surface area (Å²) in [7, 11) is 0. The minimum atomic E-state index is -0.464. The molecule has 2 N–H and O–H groups in total. The molecule has 1 heterocycles. The third-order valence-corrected chi connectivity index (χ3v) is 3.59. The standard InChI is InChI=1S/C14H19FN2O/c1-10(11-4-6-12(15)7-5-11)17-13(18)14(2)8-3-9-16-14/h4-7,10,16H,3,8-9H2,1-2H3,(H,17,18). The molecule has 1 fully saturated rings. The molecule has 0 aliphatic carbocycles. The van der Waals surface area contributed by atoms with Crippen LogP contribution in [0.25, 0.3) is 0 Å². The first kappa shape index (κ1) is 13.0. The summed E-state index contributed by atoms with van der Waals surface area (Å²) < 4.78 is 12.8. The van der Waals surface area contributed by atoms with E-state index in [-0.39, 0.29) is 17.8 Å². The summed E-state index contributed by atoms with van der Waals surface area (Å²) in [6.45, 7) is 4.71. The minimum Gasteiger partial charge on any atom is -0.348 e. The van der Waals surface area contributed by atoms with Gasteiger partial charge in [-0.05, 0) is 50.9 Å². The smallest absolute Gasteiger partial charge is 0.240 e. The van der Waals surface area contributed by atoms with Crippen molar-refractivity contribution >= 4 is 5.91 Å². The van der Waals surface area contributed by atoms with Gasteiger partial charge >= 0.3 is 0 Å². The van der Waals surface area contributed by atoms with Crippen LogP contribution in [0, 0.1) is 5.82 Å². The zero-order valence-electron chi connectivity index (χ0n) is 10.8. The SMILES string of the molecule is CC(NC(=O)C1(C)CCCN1)c1ccc(F)cc1. The highest BCUT2D eigenvalue weighted by atomic mass is 19.1. The van der Waals surface area contributed by atoms with Crippen LogP contribution in [0.3, 0.4) is 0 Å². The van der Waals surface area contributed by atoms with Crippen LogP contribution in [-0.2, 0) is 4.79 Å². The molecule has 3 nitrogen and oxygen atoms in total. The lowest BCUT2D eigenvalue weighted by Crippen LogP contribution is -2.51. The Kier molecular flexibility index (Phi) is 3.66. The topological polar surface area (TPSA) is 41.1 Å². The summed E-state index contributed by atoms with van der Waals surface area (Å²) in [4.78, 5) is 12.2. The van der Waals surface area contributed by atoms with Gasteiger partial charge in [-0.1, -0.05) is 12.1 Å². The molecular weight excluding hydrogens is 231 g/mol. The summed E-state index contributed by atoms with van der Waals surface area (Å²) in [5.74, 6) is -0.251. The van der Waals surface area contributed by atoms with Gasteiger partial charge in [-0.2, -0.15) is 0 Å².